The van der Waals surface area contributed by atoms with Crippen molar-refractivity contribution in [1.29, 1.82) is 0 Å². The fourth-order valence-corrected chi connectivity index (χ4v) is 2.34. The topological polar surface area (TPSA) is 68.5 Å². The van der Waals surface area contributed by atoms with Crippen LogP contribution < -0.4 is 10.5 Å². The molecule has 1 aromatic rings. The average molecular weight is 372 g/mol. The zero-order valence-corrected chi connectivity index (χ0v) is 13.4. The van der Waals surface area contributed by atoms with Crippen molar-refractivity contribution >= 4 is 18.3 Å². The minimum Gasteiger partial charge on any atom is -0.471 e. The number of aromatic nitrogens is 1. The molecule has 1 aliphatic heterocycles. The lowest BCUT2D eigenvalue weighted by Gasteiger charge is -2.23. The van der Waals surface area contributed by atoms with Crippen LogP contribution in [0.15, 0.2) is 18.3 Å². The molecule has 24 heavy (non-hydrogen) atoms. The lowest BCUT2D eigenvalue weighted by Crippen LogP contribution is -2.39. The first-order chi connectivity index (χ1) is 10.8. The molecule has 0 radical (unpaired) electrons. The number of alkyl halides is 4. The van der Waals surface area contributed by atoms with Crippen LogP contribution in [0, 0.1) is 0 Å². The Morgan fingerprint density at radius 2 is 2.17 bits per heavy atom. The van der Waals surface area contributed by atoms with Crippen molar-refractivity contribution in [2.45, 2.75) is 31.2 Å². The van der Waals surface area contributed by atoms with Crippen molar-refractivity contribution in [2.75, 3.05) is 19.7 Å². The largest absolute Gasteiger partial charge is 0.471 e. The number of nitrogens with zero attached hydrogens (tertiary/aromatic N) is 2. The molecule has 1 amide bonds. The molecule has 1 aliphatic rings. The monoisotopic (exact) mass is 371 g/mol. The quantitative estimate of drug-likeness (QED) is 0.779. The highest BCUT2D eigenvalue weighted by Crippen LogP contribution is 2.24. The Bertz CT molecular complexity index is 545. The molecule has 2 rings (SSSR count). The van der Waals surface area contributed by atoms with Gasteiger partial charge in [0.15, 0.2) is 6.61 Å². The van der Waals surface area contributed by atoms with E-state index in [1.165, 1.54) is 18.3 Å². The van der Waals surface area contributed by atoms with Gasteiger partial charge in [-0.25, -0.2) is 13.8 Å². The third kappa shape index (κ3) is 4.70. The summed E-state index contributed by atoms with van der Waals surface area (Å²) in [5.74, 6) is -4.76. The number of hydrogen-bond donors (Lipinski definition) is 1. The lowest BCUT2D eigenvalue weighted by molar-refractivity contribution is -0.148. The summed E-state index contributed by atoms with van der Waals surface area (Å²) in [6.07, 6.45) is -0.944. The first kappa shape index (κ1) is 20.4. The second kappa shape index (κ2) is 8.48. The number of carbonyl (C=O) groups is 1. The molecule has 5 nitrogen and oxygen atoms in total. The van der Waals surface area contributed by atoms with Crippen LogP contribution in [-0.2, 0) is 0 Å². The van der Waals surface area contributed by atoms with Crippen molar-refractivity contribution < 1.29 is 27.1 Å². The van der Waals surface area contributed by atoms with E-state index < -0.39 is 19.0 Å². The maximum Gasteiger partial charge on any atom is 0.340 e. The Morgan fingerprint density at radius 3 is 2.71 bits per heavy atom. The Morgan fingerprint density at radius 1 is 1.46 bits per heavy atom. The molecule has 0 spiro atoms. The smallest absolute Gasteiger partial charge is 0.340 e. The predicted molar refractivity (Wildman–Crippen MR) is 81.0 cm³/mol. The molecule has 1 aromatic heterocycles. The molecule has 0 aliphatic carbocycles. The molecular formula is C14H18ClF4N3O2. The van der Waals surface area contributed by atoms with Gasteiger partial charge in [-0.3, -0.25) is 4.79 Å². The normalized spacial score (nSPS) is 17.8. The van der Waals surface area contributed by atoms with E-state index in [0.29, 0.717) is 13.1 Å². The van der Waals surface area contributed by atoms with Gasteiger partial charge in [0, 0.05) is 31.4 Å². The fraction of sp³-hybridized carbons (Fsp3) is 0.571. The molecule has 1 atom stereocenters. The molecule has 10 heteroatoms. The van der Waals surface area contributed by atoms with Crippen molar-refractivity contribution in [3.63, 3.8) is 0 Å². The first-order valence-electron chi connectivity index (χ1n) is 7.11. The Hall–Kier alpha value is -1.61. The van der Waals surface area contributed by atoms with E-state index in [1.54, 1.807) is 4.90 Å². The fourth-order valence-electron chi connectivity index (χ4n) is 2.34. The summed E-state index contributed by atoms with van der Waals surface area (Å²) in [7, 11) is 0. The van der Waals surface area contributed by atoms with Crippen LogP contribution in [0.5, 0.6) is 5.88 Å². The molecule has 1 unspecified atom stereocenters. The van der Waals surface area contributed by atoms with E-state index in [2.05, 4.69) is 9.72 Å². The number of halogens is 5. The zero-order chi connectivity index (χ0) is 17.0. The summed E-state index contributed by atoms with van der Waals surface area (Å²) in [6, 6.07) is 2.53. The van der Waals surface area contributed by atoms with Crippen LogP contribution in [0.25, 0.3) is 0 Å². The molecular weight excluding hydrogens is 354 g/mol. The summed E-state index contributed by atoms with van der Waals surface area (Å²) in [4.78, 5) is 17.7. The van der Waals surface area contributed by atoms with Gasteiger partial charge < -0.3 is 15.4 Å². The standard InChI is InChI=1S/C14H17F4N3O2.ClH/c15-13(16)14(17,18)8-23-11-4-3-9(7-20-11)12(22)21-5-1-2-10(21)6-19;/h3-4,7,10,13H,1-2,5-6,8,19H2;1H. The van der Waals surface area contributed by atoms with E-state index in [4.69, 9.17) is 5.73 Å². The molecule has 2 heterocycles. The second-order valence-electron chi connectivity index (χ2n) is 5.27. The lowest BCUT2D eigenvalue weighted by atomic mass is 10.2. The summed E-state index contributed by atoms with van der Waals surface area (Å²) in [5, 5.41) is 0. The van der Waals surface area contributed by atoms with Crippen LogP contribution in [0.1, 0.15) is 23.2 Å². The van der Waals surface area contributed by atoms with Gasteiger partial charge in [0.1, 0.15) is 0 Å². The molecule has 1 saturated heterocycles. The highest BCUT2D eigenvalue weighted by Gasteiger charge is 2.41. The van der Waals surface area contributed by atoms with E-state index in [9.17, 15) is 22.4 Å². The summed E-state index contributed by atoms with van der Waals surface area (Å²) < 4.78 is 54.1. The van der Waals surface area contributed by atoms with Crippen molar-refractivity contribution in [3.05, 3.63) is 23.9 Å². The summed E-state index contributed by atoms with van der Waals surface area (Å²) in [6.45, 7) is -0.519. The highest BCUT2D eigenvalue weighted by atomic mass is 35.5. The number of rotatable bonds is 6. The van der Waals surface area contributed by atoms with Crippen LogP contribution in [0.3, 0.4) is 0 Å². The van der Waals surface area contributed by atoms with Gasteiger partial charge in [-0.05, 0) is 18.9 Å². The predicted octanol–water partition coefficient (Wildman–Crippen LogP) is 2.35. The van der Waals surface area contributed by atoms with Crippen molar-refractivity contribution in [2.24, 2.45) is 5.73 Å². The Labute approximate surface area is 142 Å². The minimum absolute atomic E-state index is 0. The van der Waals surface area contributed by atoms with Gasteiger partial charge >= 0.3 is 12.3 Å². The summed E-state index contributed by atoms with van der Waals surface area (Å²) >= 11 is 0. The number of nitrogens with two attached hydrogens (primary N) is 1. The number of pyridine rings is 1. The summed E-state index contributed by atoms with van der Waals surface area (Å²) in [5.41, 5.74) is 5.87. The second-order valence-corrected chi connectivity index (χ2v) is 5.27. The average Bonchev–Trinajstić information content (AvgIpc) is 3.01. The molecule has 1 fully saturated rings. The maximum absolute atomic E-state index is 12.8. The van der Waals surface area contributed by atoms with Gasteiger partial charge in [0.05, 0.1) is 5.56 Å². The van der Waals surface area contributed by atoms with Crippen molar-refractivity contribution in [1.82, 2.24) is 9.88 Å². The third-order valence-corrected chi connectivity index (χ3v) is 3.63. The van der Waals surface area contributed by atoms with Crippen LogP contribution in [0.2, 0.25) is 0 Å². The molecule has 136 valence electrons. The van der Waals surface area contributed by atoms with Gasteiger partial charge in [-0.2, -0.15) is 8.78 Å². The van der Waals surface area contributed by atoms with E-state index in [1.807, 2.05) is 0 Å². The van der Waals surface area contributed by atoms with Crippen LogP contribution in [0.4, 0.5) is 17.6 Å². The van der Waals surface area contributed by atoms with E-state index in [0.717, 1.165) is 12.8 Å². The zero-order valence-electron chi connectivity index (χ0n) is 12.6. The minimum atomic E-state index is -4.25. The number of carbonyl (C=O) groups excluding carboxylic acids is 1. The Balaban J connectivity index is 0.00000288. The van der Waals surface area contributed by atoms with Crippen LogP contribution >= 0.6 is 12.4 Å². The molecule has 0 bridgehead atoms. The first-order valence-corrected chi connectivity index (χ1v) is 7.11. The van der Waals surface area contributed by atoms with E-state index >= 15 is 0 Å². The number of hydrogen-bond acceptors (Lipinski definition) is 4. The van der Waals surface area contributed by atoms with Gasteiger partial charge in [-0.1, -0.05) is 0 Å². The maximum atomic E-state index is 12.8. The highest BCUT2D eigenvalue weighted by molar-refractivity contribution is 5.94. The Kier molecular flexibility index (Phi) is 7.22. The number of likely N-dealkylation sites (tertiary alicyclic amines) is 1. The number of ether oxygens (including phenoxy) is 1. The number of amides is 1. The van der Waals surface area contributed by atoms with Gasteiger partial charge in [-0.15, -0.1) is 12.4 Å². The van der Waals surface area contributed by atoms with Gasteiger partial charge in [0.2, 0.25) is 5.88 Å². The molecule has 0 saturated carbocycles. The van der Waals surface area contributed by atoms with Crippen LogP contribution in [-0.4, -0.2) is 53.9 Å². The van der Waals surface area contributed by atoms with E-state index in [-0.39, 0.29) is 35.8 Å². The van der Waals surface area contributed by atoms with Gasteiger partial charge in [0.25, 0.3) is 5.91 Å². The molecule has 0 aromatic carbocycles. The van der Waals surface area contributed by atoms with Crippen molar-refractivity contribution in [3.8, 4) is 5.88 Å². The SMILES string of the molecule is Cl.NCC1CCCN1C(=O)c1ccc(OCC(F)(F)C(F)F)nc1. The third-order valence-electron chi connectivity index (χ3n) is 3.63. The molecule has 2 N–H and O–H groups in total.